The number of likely N-dealkylation sites (N-methyl/N-ethyl adjacent to an activating group) is 1. The molecule has 0 spiro atoms. The van der Waals surface area contributed by atoms with E-state index in [4.69, 9.17) is 24.4 Å². The second-order valence-corrected chi connectivity index (χ2v) is 12.0. The minimum Gasteiger partial charge on any atom is -0.490 e. The topological polar surface area (TPSA) is 81.5 Å². The van der Waals surface area contributed by atoms with Crippen LogP contribution in [0.15, 0.2) is 66.6 Å². The molecule has 5 aromatic rings. The van der Waals surface area contributed by atoms with Crippen molar-refractivity contribution >= 4 is 27.7 Å². The monoisotopic (exact) mass is 625 g/mol. The molecule has 0 unspecified atom stereocenters. The molecule has 2 aliphatic rings. The molecular weight excluding hydrogens is 589 g/mol. The van der Waals surface area contributed by atoms with Gasteiger partial charge in [-0.25, -0.2) is 9.37 Å². The second kappa shape index (κ2) is 13.8. The molecule has 1 N–H and O–H groups in total. The fraction of sp³-hybridized carbons (Fsp3) is 0.286. The molecule has 3 aromatic heterocycles. The zero-order chi connectivity index (χ0) is 31.3. The number of carbonyl (C=O) groups is 1. The van der Waals surface area contributed by atoms with Crippen LogP contribution in [0, 0.1) is 5.82 Å². The molecular formula is C35H36FN5O3S. The molecule has 0 fully saturated rings. The first-order valence-corrected chi connectivity index (χ1v) is 15.9. The average Bonchev–Trinajstić information content (AvgIpc) is 3.72. The van der Waals surface area contributed by atoms with Gasteiger partial charge >= 0.3 is 0 Å². The Morgan fingerprint density at radius 1 is 1.09 bits per heavy atom. The van der Waals surface area contributed by atoms with E-state index < -0.39 is 0 Å². The summed E-state index contributed by atoms with van der Waals surface area (Å²) in [6, 6.07) is 15.7. The van der Waals surface area contributed by atoms with Crippen molar-refractivity contribution in [3.63, 3.8) is 0 Å². The Hall–Kier alpha value is -4.22. The Labute approximate surface area is 266 Å². The van der Waals surface area contributed by atoms with E-state index in [1.165, 1.54) is 29.3 Å². The number of ether oxygens (including phenoxy) is 2. The van der Waals surface area contributed by atoms with Crippen molar-refractivity contribution in [2.75, 3.05) is 40.5 Å². The SMILES string of the molecule is C=CC=O.COCCOc1cc(F)ccc1-c1c(-c2cc3n(n2)CCN(C)C3)nc(-c2ccc3c(c2)CCNC3)c2ccsc12. The predicted octanol–water partition coefficient (Wildman–Crippen LogP) is 6.12. The number of nitrogens with zero attached hydrogens (tertiary/aromatic N) is 4. The highest BCUT2D eigenvalue weighted by Crippen LogP contribution is 2.46. The zero-order valence-electron chi connectivity index (χ0n) is 25.5. The molecule has 0 saturated heterocycles. The number of methoxy groups -OCH3 is 1. The van der Waals surface area contributed by atoms with Gasteiger partial charge in [0.25, 0.3) is 0 Å². The maximum absolute atomic E-state index is 14.5. The highest BCUT2D eigenvalue weighted by molar-refractivity contribution is 7.18. The number of pyridine rings is 1. The summed E-state index contributed by atoms with van der Waals surface area (Å²) in [6.07, 6.45) is 2.83. The van der Waals surface area contributed by atoms with E-state index in [0.29, 0.717) is 25.2 Å². The molecule has 0 saturated carbocycles. The molecule has 0 amide bonds. The van der Waals surface area contributed by atoms with Gasteiger partial charge in [-0.05, 0) is 72.9 Å². The van der Waals surface area contributed by atoms with Gasteiger partial charge in [-0.3, -0.25) is 14.4 Å². The Balaban J connectivity index is 0.000000845. The summed E-state index contributed by atoms with van der Waals surface area (Å²) in [5.41, 5.74) is 9.21. The summed E-state index contributed by atoms with van der Waals surface area (Å²) >= 11 is 1.66. The molecule has 8 nitrogen and oxygen atoms in total. The van der Waals surface area contributed by atoms with Crippen molar-refractivity contribution in [1.29, 1.82) is 0 Å². The van der Waals surface area contributed by atoms with Crippen LogP contribution in [0.5, 0.6) is 5.75 Å². The summed E-state index contributed by atoms with van der Waals surface area (Å²) in [5.74, 6) is 0.122. The first kappa shape index (κ1) is 30.8. The molecule has 2 aromatic carbocycles. The summed E-state index contributed by atoms with van der Waals surface area (Å²) in [6.45, 7) is 8.31. The maximum Gasteiger partial charge on any atom is 0.142 e. The summed E-state index contributed by atoms with van der Waals surface area (Å²) in [5, 5.41) is 11.7. The van der Waals surface area contributed by atoms with E-state index in [0.717, 1.165) is 88.7 Å². The van der Waals surface area contributed by atoms with Gasteiger partial charge in [-0.2, -0.15) is 5.10 Å². The molecule has 0 atom stereocenters. The number of allylic oxidation sites excluding steroid dienone is 1. The number of halogens is 1. The highest BCUT2D eigenvalue weighted by Gasteiger charge is 2.26. The largest absolute Gasteiger partial charge is 0.490 e. The standard InChI is InChI=1S/C32H32FN5O2S.C3H4O/c1-37-10-11-38-24(19-37)17-27(36-38)31-29(25-6-5-23(33)16-28(25)40-13-12-39-2)32-26(8-14-41-32)30(35-31)21-3-4-22-18-34-9-7-20(22)15-21;1-2-3-4/h3-6,8,14-17,34H,7,9-13,18-19H2,1-2H3;2-3H,1H2. The van der Waals surface area contributed by atoms with Crippen LogP contribution in [-0.4, -0.2) is 66.4 Å². The van der Waals surface area contributed by atoms with Crippen molar-refractivity contribution in [3.8, 4) is 39.5 Å². The fourth-order valence-electron chi connectivity index (χ4n) is 5.87. The Bertz CT molecular complexity index is 1840. The van der Waals surface area contributed by atoms with Crippen molar-refractivity contribution in [2.24, 2.45) is 0 Å². The van der Waals surface area contributed by atoms with Crippen LogP contribution < -0.4 is 10.1 Å². The van der Waals surface area contributed by atoms with Crippen LogP contribution in [0.2, 0.25) is 0 Å². The van der Waals surface area contributed by atoms with E-state index in [1.54, 1.807) is 24.5 Å². The molecule has 232 valence electrons. The lowest BCUT2D eigenvalue weighted by molar-refractivity contribution is -0.104. The van der Waals surface area contributed by atoms with Gasteiger partial charge in [0.1, 0.15) is 35.8 Å². The van der Waals surface area contributed by atoms with Crippen molar-refractivity contribution < 1.29 is 18.7 Å². The number of hydrogen-bond donors (Lipinski definition) is 1. The van der Waals surface area contributed by atoms with Crippen LogP contribution in [-0.2, 0) is 35.6 Å². The minimum atomic E-state index is -0.348. The zero-order valence-corrected chi connectivity index (χ0v) is 26.3. The number of carbonyl (C=O) groups excluding carboxylic acids is 1. The van der Waals surface area contributed by atoms with Gasteiger partial charge in [0.2, 0.25) is 0 Å². The van der Waals surface area contributed by atoms with Gasteiger partial charge in [-0.15, -0.1) is 11.3 Å². The highest BCUT2D eigenvalue weighted by atomic mass is 32.1. The van der Waals surface area contributed by atoms with Crippen LogP contribution in [0.25, 0.3) is 43.9 Å². The molecule has 45 heavy (non-hydrogen) atoms. The Morgan fingerprint density at radius 2 is 1.96 bits per heavy atom. The van der Waals surface area contributed by atoms with E-state index in [2.05, 4.69) is 64.2 Å². The van der Waals surface area contributed by atoms with E-state index in [9.17, 15) is 4.39 Å². The predicted molar refractivity (Wildman–Crippen MR) is 177 cm³/mol. The molecule has 10 heteroatoms. The molecule has 2 aliphatic heterocycles. The average molecular weight is 626 g/mol. The lowest BCUT2D eigenvalue weighted by Crippen LogP contribution is -2.30. The number of thiophene rings is 1. The van der Waals surface area contributed by atoms with Gasteiger partial charge < -0.3 is 14.8 Å². The fourth-order valence-corrected chi connectivity index (χ4v) is 6.83. The van der Waals surface area contributed by atoms with Crippen LogP contribution in [0.3, 0.4) is 0 Å². The van der Waals surface area contributed by atoms with Gasteiger partial charge in [0.15, 0.2) is 0 Å². The number of fused-ring (bicyclic) bond motifs is 3. The lowest BCUT2D eigenvalue weighted by Gasteiger charge is -2.22. The number of aromatic nitrogens is 3. The number of aldehydes is 1. The van der Waals surface area contributed by atoms with E-state index >= 15 is 0 Å². The number of rotatable bonds is 8. The Kier molecular flexibility index (Phi) is 9.46. The molecule has 0 radical (unpaired) electrons. The third-order valence-electron chi connectivity index (χ3n) is 8.06. The van der Waals surface area contributed by atoms with Gasteiger partial charge in [-0.1, -0.05) is 18.7 Å². The lowest BCUT2D eigenvalue weighted by atomic mass is 9.94. The Morgan fingerprint density at radius 3 is 2.78 bits per heavy atom. The van der Waals surface area contributed by atoms with Crippen LogP contribution >= 0.6 is 11.3 Å². The quantitative estimate of drug-likeness (QED) is 0.126. The maximum atomic E-state index is 14.5. The molecule has 0 bridgehead atoms. The van der Waals surface area contributed by atoms with Crippen molar-refractivity contribution in [1.82, 2.24) is 25.0 Å². The molecule has 0 aliphatic carbocycles. The smallest absolute Gasteiger partial charge is 0.142 e. The molecule has 5 heterocycles. The third-order valence-corrected chi connectivity index (χ3v) is 8.99. The van der Waals surface area contributed by atoms with E-state index in [1.807, 2.05) is 0 Å². The van der Waals surface area contributed by atoms with Crippen molar-refractivity contribution in [3.05, 3.63) is 89.2 Å². The van der Waals surface area contributed by atoms with Gasteiger partial charge in [0, 0.05) is 59.6 Å². The van der Waals surface area contributed by atoms with Gasteiger partial charge in [0.05, 0.1) is 24.5 Å². The van der Waals surface area contributed by atoms with Crippen molar-refractivity contribution in [2.45, 2.75) is 26.1 Å². The summed E-state index contributed by atoms with van der Waals surface area (Å²) in [7, 11) is 3.75. The first-order valence-electron chi connectivity index (χ1n) is 15.0. The summed E-state index contributed by atoms with van der Waals surface area (Å²) in [4.78, 5) is 16.7. The minimum absolute atomic E-state index is 0.316. The first-order chi connectivity index (χ1) is 22.0. The summed E-state index contributed by atoms with van der Waals surface area (Å²) < 4.78 is 29.0. The molecule has 7 rings (SSSR count). The number of nitrogens with one attached hydrogen (secondary N) is 1. The normalized spacial score (nSPS) is 14.3. The number of benzene rings is 2. The van der Waals surface area contributed by atoms with E-state index in [-0.39, 0.29) is 5.82 Å². The van der Waals surface area contributed by atoms with Crippen LogP contribution in [0.4, 0.5) is 4.39 Å². The number of hydrogen-bond acceptors (Lipinski definition) is 8. The van der Waals surface area contributed by atoms with Crippen LogP contribution in [0.1, 0.15) is 16.8 Å². The second-order valence-electron chi connectivity index (χ2n) is 11.1. The third kappa shape index (κ3) is 6.46.